The van der Waals surface area contributed by atoms with E-state index in [1.165, 1.54) is 0 Å². The van der Waals surface area contributed by atoms with Crippen molar-refractivity contribution >= 4 is 24.2 Å². The van der Waals surface area contributed by atoms with Gasteiger partial charge in [0.05, 0.1) is 6.04 Å². The highest BCUT2D eigenvalue weighted by molar-refractivity contribution is 5.81. The average Bonchev–Trinajstić information content (AvgIpc) is 2.85. The normalized spacial score (nSPS) is 12.6. The van der Waals surface area contributed by atoms with Crippen LogP contribution in [0.5, 0.6) is 0 Å². The van der Waals surface area contributed by atoms with Crippen molar-refractivity contribution < 1.29 is 33.4 Å². The van der Waals surface area contributed by atoms with Crippen LogP contribution in [0.15, 0.2) is 0 Å². The number of nitrogens with two attached hydrogens (primary N) is 2. The van der Waals surface area contributed by atoms with Gasteiger partial charge in [0.1, 0.15) is 16.8 Å². The molecule has 0 bridgehead atoms. The zero-order valence-corrected chi connectivity index (χ0v) is 28.9. The molecule has 0 saturated heterocycles. The first kappa shape index (κ1) is 41.2. The van der Waals surface area contributed by atoms with Gasteiger partial charge in [-0.15, -0.1) is 0 Å². The third-order valence-corrected chi connectivity index (χ3v) is 5.89. The third kappa shape index (κ3) is 22.7. The molecule has 0 aliphatic rings. The molecule has 13 heteroatoms. The van der Waals surface area contributed by atoms with Gasteiger partial charge in [-0.25, -0.2) is 14.4 Å². The fraction of sp³-hybridized carbons (Fsp3) is 0.871. The maximum Gasteiger partial charge on any atom is 0.410 e. The van der Waals surface area contributed by atoms with E-state index in [0.717, 1.165) is 12.8 Å². The summed E-state index contributed by atoms with van der Waals surface area (Å²) in [5.74, 6) is -0.214. The number of hydrogen-bond donors (Lipinski definition) is 4. The van der Waals surface area contributed by atoms with Crippen LogP contribution in [0.3, 0.4) is 0 Å². The predicted molar refractivity (Wildman–Crippen MR) is 172 cm³/mol. The standard InChI is InChI=1S/C31H62N6O7/c1-29(2,3)42-26(39)35-19-15-23-37(28(41)44-31(7,8)9)21-13-12-20-36(27(40)43-30(4,5)6)22-14-18-34-25(38)24(33)16-10-11-17-32/h24H,10-23,32-33H2,1-9H3,(H,34,38)(H,35,39)/t24-/m0/s1. The molecular formula is C31H62N6O7. The van der Waals surface area contributed by atoms with Crippen molar-refractivity contribution in [2.45, 2.75) is 130 Å². The minimum Gasteiger partial charge on any atom is -0.444 e. The summed E-state index contributed by atoms with van der Waals surface area (Å²) in [6.45, 7) is 19.2. The molecule has 0 aromatic heterocycles. The van der Waals surface area contributed by atoms with E-state index in [1.54, 1.807) is 30.6 Å². The Hall–Kier alpha value is -2.80. The highest BCUT2D eigenvalue weighted by Crippen LogP contribution is 2.14. The number of carbonyl (C=O) groups excluding carboxylic acids is 4. The number of carbonyl (C=O) groups is 4. The van der Waals surface area contributed by atoms with E-state index in [4.69, 9.17) is 25.7 Å². The minimum atomic E-state index is -0.652. The first-order chi connectivity index (χ1) is 20.2. The van der Waals surface area contributed by atoms with Crippen LogP contribution in [0, 0.1) is 0 Å². The number of ether oxygens (including phenoxy) is 3. The van der Waals surface area contributed by atoms with Crippen LogP contribution in [-0.2, 0) is 19.0 Å². The van der Waals surface area contributed by atoms with E-state index in [1.807, 2.05) is 41.5 Å². The van der Waals surface area contributed by atoms with Gasteiger partial charge in [-0.05, 0) is 107 Å². The lowest BCUT2D eigenvalue weighted by molar-refractivity contribution is -0.122. The predicted octanol–water partition coefficient (Wildman–Crippen LogP) is 4.12. The monoisotopic (exact) mass is 630 g/mol. The number of alkyl carbamates (subject to hydrolysis) is 1. The topological polar surface area (TPSA) is 179 Å². The van der Waals surface area contributed by atoms with Gasteiger partial charge >= 0.3 is 18.3 Å². The molecule has 4 amide bonds. The van der Waals surface area contributed by atoms with Gasteiger partial charge in [-0.1, -0.05) is 6.42 Å². The van der Waals surface area contributed by atoms with E-state index in [2.05, 4.69) is 10.6 Å². The van der Waals surface area contributed by atoms with Crippen LogP contribution in [0.4, 0.5) is 14.4 Å². The molecule has 6 N–H and O–H groups in total. The van der Waals surface area contributed by atoms with Gasteiger partial charge in [0.25, 0.3) is 0 Å². The molecule has 0 radical (unpaired) electrons. The lowest BCUT2D eigenvalue weighted by Gasteiger charge is -2.29. The Bertz CT molecular complexity index is 865. The number of hydrogen-bond acceptors (Lipinski definition) is 9. The van der Waals surface area contributed by atoms with Gasteiger partial charge in [-0.3, -0.25) is 4.79 Å². The van der Waals surface area contributed by atoms with Gasteiger partial charge in [0.2, 0.25) is 5.91 Å². The van der Waals surface area contributed by atoms with E-state index < -0.39 is 41.1 Å². The second kappa shape index (κ2) is 20.3. The Morgan fingerprint density at radius 1 is 0.614 bits per heavy atom. The Labute approximate surface area is 265 Å². The summed E-state index contributed by atoms with van der Waals surface area (Å²) in [6.07, 6.45) is 3.12. The van der Waals surface area contributed by atoms with Gasteiger partial charge < -0.3 is 46.1 Å². The number of amides is 4. The van der Waals surface area contributed by atoms with Crippen LogP contribution in [0.2, 0.25) is 0 Å². The second-order valence-corrected chi connectivity index (χ2v) is 14.0. The quantitative estimate of drug-likeness (QED) is 0.128. The Balaban J connectivity index is 5.00. The van der Waals surface area contributed by atoms with Crippen LogP contribution < -0.4 is 22.1 Å². The third-order valence-electron chi connectivity index (χ3n) is 5.89. The van der Waals surface area contributed by atoms with Crippen molar-refractivity contribution in [3.63, 3.8) is 0 Å². The van der Waals surface area contributed by atoms with Gasteiger partial charge in [-0.2, -0.15) is 0 Å². The highest BCUT2D eigenvalue weighted by Gasteiger charge is 2.24. The molecule has 0 heterocycles. The summed E-state index contributed by atoms with van der Waals surface area (Å²) in [6, 6.07) is -0.579. The highest BCUT2D eigenvalue weighted by atomic mass is 16.6. The molecule has 0 aliphatic carbocycles. The fourth-order valence-corrected chi connectivity index (χ4v) is 3.87. The SMILES string of the molecule is CC(C)(C)OC(=O)NCCCN(CCCCN(CCCNC(=O)[C@@H](N)CCCCN)C(=O)OC(C)(C)C)C(=O)OC(C)(C)C. The van der Waals surface area contributed by atoms with E-state index in [-0.39, 0.29) is 5.91 Å². The Morgan fingerprint density at radius 3 is 1.43 bits per heavy atom. The molecule has 1 atom stereocenters. The van der Waals surface area contributed by atoms with Gasteiger partial charge in [0, 0.05) is 39.3 Å². The van der Waals surface area contributed by atoms with Crippen molar-refractivity contribution in [2.24, 2.45) is 11.5 Å². The van der Waals surface area contributed by atoms with E-state index in [9.17, 15) is 19.2 Å². The molecule has 0 saturated carbocycles. The number of nitrogens with one attached hydrogen (secondary N) is 2. The van der Waals surface area contributed by atoms with Crippen LogP contribution >= 0.6 is 0 Å². The smallest absolute Gasteiger partial charge is 0.410 e. The summed E-state index contributed by atoms with van der Waals surface area (Å²) >= 11 is 0. The average molecular weight is 631 g/mol. The Kier molecular flexibility index (Phi) is 19.0. The number of nitrogens with zero attached hydrogens (tertiary/aromatic N) is 2. The van der Waals surface area contributed by atoms with Gasteiger partial charge in [0.15, 0.2) is 0 Å². The first-order valence-corrected chi connectivity index (χ1v) is 15.9. The summed E-state index contributed by atoms with van der Waals surface area (Å²) in [5, 5.41) is 5.55. The van der Waals surface area contributed by atoms with Crippen LogP contribution in [0.25, 0.3) is 0 Å². The lowest BCUT2D eigenvalue weighted by Crippen LogP contribution is -2.42. The summed E-state index contributed by atoms with van der Waals surface area (Å²) in [5.41, 5.74) is 9.56. The zero-order chi connectivity index (χ0) is 34.0. The van der Waals surface area contributed by atoms with Crippen molar-refractivity contribution in [1.82, 2.24) is 20.4 Å². The van der Waals surface area contributed by atoms with Crippen molar-refractivity contribution in [2.75, 3.05) is 45.8 Å². The molecule has 0 aromatic carbocycles. The maximum absolute atomic E-state index is 12.9. The molecule has 0 unspecified atom stereocenters. The first-order valence-electron chi connectivity index (χ1n) is 15.9. The fourth-order valence-electron chi connectivity index (χ4n) is 3.87. The molecule has 258 valence electrons. The minimum absolute atomic E-state index is 0.214. The summed E-state index contributed by atoms with van der Waals surface area (Å²) in [7, 11) is 0. The Morgan fingerprint density at radius 2 is 1.02 bits per heavy atom. The number of rotatable bonds is 18. The van der Waals surface area contributed by atoms with Crippen LogP contribution in [-0.4, -0.2) is 103 Å². The van der Waals surface area contributed by atoms with E-state index in [0.29, 0.717) is 77.9 Å². The number of unbranched alkanes of at least 4 members (excludes halogenated alkanes) is 2. The molecule has 0 rings (SSSR count). The maximum atomic E-state index is 12.9. The largest absolute Gasteiger partial charge is 0.444 e. The van der Waals surface area contributed by atoms with Crippen molar-refractivity contribution in [3.8, 4) is 0 Å². The zero-order valence-electron chi connectivity index (χ0n) is 28.9. The summed E-state index contributed by atoms with van der Waals surface area (Å²) in [4.78, 5) is 53.2. The van der Waals surface area contributed by atoms with Crippen molar-refractivity contribution in [3.05, 3.63) is 0 Å². The molecule has 0 aliphatic heterocycles. The molecule has 0 aromatic rings. The summed E-state index contributed by atoms with van der Waals surface area (Å²) < 4.78 is 16.4. The second-order valence-electron chi connectivity index (χ2n) is 14.0. The van der Waals surface area contributed by atoms with Crippen LogP contribution in [0.1, 0.15) is 107 Å². The lowest BCUT2D eigenvalue weighted by atomic mass is 10.1. The van der Waals surface area contributed by atoms with Crippen molar-refractivity contribution in [1.29, 1.82) is 0 Å². The molecule has 0 fully saturated rings. The molecular weight excluding hydrogens is 568 g/mol. The molecule has 0 spiro atoms. The van der Waals surface area contributed by atoms with E-state index >= 15 is 0 Å². The molecule has 44 heavy (non-hydrogen) atoms. The molecule has 13 nitrogen and oxygen atoms in total.